The normalized spacial score (nSPS) is 14.8. The summed E-state index contributed by atoms with van der Waals surface area (Å²) < 4.78 is 12.2. The molecular weight excluding hydrogens is 420 g/mol. The Bertz CT molecular complexity index is 1330. The number of fused-ring (bicyclic) bond motifs is 2. The van der Waals surface area contributed by atoms with Gasteiger partial charge in [-0.15, -0.1) is 0 Å². The summed E-state index contributed by atoms with van der Waals surface area (Å²) >= 11 is 6.30. The lowest BCUT2D eigenvalue weighted by Crippen LogP contribution is -2.27. The van der Waals surface area contributed by atoms with Crippen molar-refractivity contribution in [2.75, 3.05) is 6.79 Å². The van der Waals surface area contributed by atoms with E-state index in [0.717, 1.165) is 6.21 Å². The summed E-state index contributed by atoms with van der Waals surface area (Å²) in [7, 11) is 0. The molecule has 0 bridgehead atoms. The van der Waals surface area contributed by atoms with Crippen molar-refractivity contribution in [3.8, 4) is 23.3 Å². The van der Waals surface area contributed by atoms with Crippen molar-refractivity contribution in [2.24, 2.45) is 16.6 Å². The topological polar surface area (TPSA) is 139 Å². The van der Waals surface area contributed by atoms with Crippen LogP contribution in [-0.4, -0.2) is 28.4 Å². The van der Waals surface area contributed by atoms with Crippen molar-refractivity contribution in [2.45, 2.75) is 13.0 Å². The van der Waals surface area contributed by atoms with Gasteiger partial charge in [-0.25, -0.2) is 4.98 Å². The number of benzene rings is 2. The second kappa shape index (κ2) is 8.08. The lowest BCUT2D eigenvalue weighted by Gasteiger charge is -2.18. The molecular formula is C21H17ClN6O3. The van der Waals surface area contributed by atoms with Gasteiger partial charge >= 0.3 is 0 Å². The molecule has 0 saturated heterocycles. The molecule has 31 heavy (non-hydrogen) atoms. The summed E-state index contributed by atoms with van der Waals surface area (Å²) in [6.07, 6.45) is 0.907. The number of hydrogen-bond donors (Lipinski definition) is 2. The number of nitrogens with one attached hydrogen (secondary N) is 1. The van der Waals surface area contributed by atoms with E-state index < -0.39 is 12.0 Å². The van der Waals surface area contributed by atoms with E-state index in [1.54, 1.807) is 43.3 Å². The second-order valence-corrected chi connectivity index (χ2v) is 7.19. The molecule has 1 aliphatic heterocycles. The second-order valence-electron chi connectivity index (χ2n) is 6.79. The molecule has 156 valence electrons. The first-order valence-corrected chi connectivity index (χ1v) is 9.67. The third-order valence-corrected chi connectivity index (χ3v) is 5.14. The molecule has 0 aliphatic carbocycles. The number of ether oxygens (including phenoxy) is 2. The largest absolute Gasteiger partial charge is 0.454 e. The van der Waals surface area contributed by atoms with E-state index in [-0.39, 0.29) is 28.6 Å². The Labute approximate surface area is 181 Å². The zero-order valence-corrected chi connectivity index (χ0v) is 17.1. The fraction of sp³-hybridized carbons (Fsp3) is 0.190. The minimum Gasteiger partial charge on any atom is -0.454 e. The Hall–Kier alpha value is -3.90. The number of nitrogens with zero attached hydrogens (tertiary/aromatic N) is 4. The first kappa shape index (κ1) is 20.4. The van der Waals surface area contributed by atoms with Crippen LogP contribution < -0.4 is 20.8 Å². The Morgan fingerprint density at radius 1 is 1.39 bits per heavy atom. The lowest BCUT2D eigenvalue weighted by atomic mass is 10.1. The predicted octanol–water partition coefficient (Wildman–Crippen LogP) is 2.98. The maximum atomic E-state index is 13.5. The summed E-state index contributed by atoms with van der Waals surface area (Å²) in [5.41, 5.74) is 6.44. The Morgan fingerprint density at radius 2 is 2.16 bits per heavy atom. The summed E-state index contributed by atoms with van der Waals surface area (Å²) in [6.45, 7) is 1.80. The quantitative estimate of drug-likeness (QED) is 0.465. The van der Waals surface area contributed by atoms with Gasteiger partial charge in [0.05, 0.1) is 27.7 Å². The highest BCUT2D eigenvalue weighted by Crippen LogP contribution is 2.34. The van der Waals surface area contributed by atoms with Crippen molar-refractivity contribution < 1.29 is 9.47 Å². The third-order valence-electron chi connectivity index (χ3n) is 4.83. The van der Waals surface area contributed by atoms with E-state index in [1.165, 1.54) is 4.57 Å². The summed E-state index contributed by atoms with van der Waals surface area (Å²) in [5.74, 6) is 0.357. The van der Waals surface area contributed by atoms with Crippen LogP contribution in [0, 0.1) is 22.7 Å². The highest BCUT2D eigenvalue weighted by molar-refractivity contribution is 6.35. The Morgan fingerprint density at radius 3 is 2.90 bits per heavy atom. The number of aliphatic imine (C=N–C) groups is 1. The summed E-state index contributed by atoms with van der Waals surface area (Å²) in [4.78, 5) is 22.5. The van der Waals surface area contributed by atoms with Crippen LogP contribution in [0.15, 0.2) is 46.2 Å². The molecule has 0 saturated carbocycles. The Kier molecular flexibility index (Phi) is 5.31. The molecule has 1 aromatic heterocycles. The molecule has 3 N–H and O–H groups in total. The number of nitrogens with two attached hydrogens (primary N) is 1. The molecule has 0 spiro atoms. The molecule has 1 aliphatic rings. The van der Waals surface area contributed by atoms with Crippen molar-refractivity contribution in [3.05, 3.63) is 57.6 Å². The van der Waals surface area contributed by atoms with Gasteiger partial charge in [-0.05, 0) is 31.2 Å². The van der Waals surface area contributed by atoms with Crippen molar-refractivity contribution in [3.63, 3.8) is 0 Å². The van der Waals surface area contributed by atoms with Crippen LogP contribution in [0.4, 0.5) is 0 Å². The van der Waals surface area contributed by atoms with E-state index >= 15 is 0 Å². The van der Waals surface area contributed by atoms with Gasteiger partial charge in [-0.3, -0.25) is 14.4 Å². The fourth-order valence-corrected chi connectivity index (χ4v) is 3.56. The number of nitriles is 1. The first-order chi connectivity index (χ1) is 14.9. The van der Waals surface area contributed by atoms with Gasteiger partial charge in [-0.2, -0.15) is 5.26 Å². The average molecular weight is 437 g/mol. The maximum Gasteiger partial charge on any atom is 0.267 e. The molecule has 2 unspecified atom stereocenters. The first-order valence-electron chi connectivity index (χ1n) is 9.29. The zero-order valence-electron chi connectivity index (χ0n) is 16.4. The van der Waals surface area contributed by atoms with Gasteiger partial charge in [0, 0.05) is 12.3 Å². The van der Waals surface area contributed by atoms with Crippen molar-refractivity contribution in [1.29, 1.82) is 10.7 Å². The predicted molar refractivity (Wildman–Crippen MR) is 116 cm³/mol. The van der Waals surface area contributed by atoms with Gasteiger partial charge in [0.15, 0.2) is 11.5 Å². The molecule has 9 nitrogen and oxygen atoms in total. The summed E-state index contributed by atoms with van der Waals surface area (Å²) in [5, 5.41) is 17.0. The van der Waals surface area contributed by atoms with E-state index in [0.29, 0.717) is 28.5 Å². The molecule has 10 heteroatoms. The average Bonchev–Trinajstić information content (AvgIpc) is 3.22. The Balaban J connectivity index is 1.97. The van der Waals surface area contributed by atoms with Crippen LogP contribution >= 0.6 is 11.6 Å². The molecule has 0 amide bonds. The maximum absolute atomic E-state index is 13.5. The van der Waals surface area contributed by atoms with Gasteiger partial charge < -0.3 is 20.6 Å². The van der Waals surface area contributed by atoms with E-state index in [1.807, 2.05) is 6.07 Å². The number of amidine groups is 1. The molecule has 4 rings (SSSR count). The van der Waals surface area contributed by atoms with Crippen LogP contribution in [-0.2, 0) is 0 Å². The van der Waals surface area contributed by atoms with E-state index in [9.17, 15) is 4.79 Å². The summed E-state index contributed by atoms with van der Waals surface area (Å²) in [6, 6.07) is 11.3. The van der Waals surface area contributed by atoms with Gasteiger partial charge in [0.1, 0.15) is 23.6 Å². The van der Waals surface area contributed by atoms with Crippen LogP contribution in [0.3, 0.4) is 0 Å². The molecule has 2 atom stereocenters. The molecule has 0 radical (unpaired) electrons. The molecule has 0 fully saturated rings. The SMILES string of the molecule is CC(N=C(N)C(C#N)C=N)c1nc2cccc(Cl)c2c(=O)n1-c1ccc2c(c1)OCO2. The molecule has 2 aromatic carbocycles. The highest BCUT2D eigenvalue weighted by atomic mass is 35.5. The lowest BCUT2D eigenvalue weighted by molar-refractivity contribution is 0.174. The molecule has 2 heterocycles. The van der Waals surface area contributed by atoms with E-state index in [4.69, 9.17) is 37.5 Å². The van der Waals surface area contributed by atoms with Gasteiger partial charge in [-0.1, -0.05) is 17.7 Å². The minimum absolute atomic E-state index is 0.0392. The van der Waals surface area contributed by atoms with Crippen LogP contribution in [0.5, 0.6) is 11.5 Å². The zero-order chi connectivity index (χ0) is 22.1. The van der Waals surface area contributed by atoms with Gasteiger partial charge in [0.2, 0.25) is 6.79 Å². The minimum atomic E-state index is -0.969. The standard InChI is InChI=1S/C21H17ClN6O3/c1-11(26-19(25)12(8-23)9-24)20-27-15-4-2-3-14(22)18(15)21(29)28(20)13-5-6-16-17(7-13)31-10-30-16/h2-8,11-12,23H,10H2,1H3,(H2,25,26). The molecule has 3 aromatic rings. The van der Waals surface area contributed by atoms with Crippen molar-refractivity contribution in [1.82, 2.24) is 9.55 Å². The van der Waals surface area contributed by atoms with Crippen LogP contribution in [0.1, 0.15) is 18.8 Å². The smallest absolute Gasteiger partial charge is 0.267 e. The number of rotatable bonds is 5. The highest BCUT2D eigenvalue weighted by Gasteiger charge is 2.22. The number of hydrogen-bond acceptors (Lipinski definition) is 7. The van der Waals surface area contributed by atoms with E-state index in [2.05, 4.69) is 9.98 Å². The van der Waals surface area contributed by atoms with Crippen LogP contribution in [0.25, 0.3) is 16.6 Å². The number of halogens is 1. The fourth-order valence-electron chi connectivity index (χ4n) is 3.31. The monoisotopic (exact) mass is 436 g/mol. The number of aromatic nitrogens is 2. The van der Waals surface area contributed by atoms with Crippen molar-refractivity contribution >= 4 is 34.6 Å². The third kappa shape index (κ3) is 3.58. The van der Waals surface area contributed by atoms with Gasteiger partial charge in [0.25, 0.3) is 5.56 Å². The van der Waals surface area contributed by atoms with Crippen LogP contribution in [0.2, 0.25) is 5.02 Å².